The van der Waals surface area contributed by atoms with E-state index < -0.39 is 0 Å². The number of aromatic nitrogens is 2. The Morgan fingerprint density at radius 3 is 2.62 bits per heavy atom. The van der Waals surface area contributed by atoms with Crippen LogP contribution in [-0.2, 0) is 0 Å². The first-order valence-electron chi connectivity index (χ1n) is 6.32. The molecule has 0 radical (unpaired) electrons. The summed E-state index contributed by atoms with van der Waals surface area (Å²) in [5.74, 6) is -0.312. The maximum absolute atomic E-state index is 13.8. The van der Waals surface area contributed by atoms with Gasteiger partial charge in [0.25, 0.3) is 0 Å². The third kappa shape index (κ3) is 2.65. The van der Waals surface area contributed by atoms with E-state index in [0.717, 1.165) is 16.6 Å². The van der Waals surface area contributed by atoms with E-state index in [1.807, 2.05) is 35.8 Å². The first-order valence-corrected chi connectivity index (χ1v) is 7.90. The lowest BCUT2D eigenvalue weighted by atomic mass is 10.1. The lowest BCUT2D eigenvalue weighted by Gasteiger charge is -2.15. The van der Waals surface area contributed by atoms with E-state index in [2.05, 4.69) is 20.9 Å². The molecule has 0 saturated heterocycles. The molecule has 0 aliphatic heterocycles. The van der Waals surface area contributed by atoms with Gasteiger partial charge in [0.2, 0.25) is 0 Å². The molecule has 1 aromatic heterocycles. The van der Waals surface area contributed by atoms with Crippen LogP contribution in [0.4, 0.5) is 4.39 Å². The Balaban J connectivity index is 2.19. The molecule has 0 aliphatic carbocycles. The average molecular weight is 386 g/mol. The van der Waals surface area contributed by atoms with E-state index >= 15 is 0 Å². The van der Waals surface area contributed by atoms with Crippen molar-refractivity contribution in [1.82, 2.24) is 9.55 Å². The van der Waals surface area contributed by atoms with Gasteiger partial charge in [-0.15, -0.1) is 0 Å². The monoisotopic (exact) mass is 384 g/mol. The molecule has 0 saturated carbocycles. The standard InChI is InChI=1S/C15H11BrClFN2S/c1-8(9-2-4-10(17)5-3-9)20-14-7-12(18)11(16)6-13(14)19-15(20)21/h2-8H,1H3,(H,19,21). The molecule has 2 aromatic carbocycles. The minimum absolute atomic E-state index is 0.0240. The molecular weight excluding hydrogens is 375 g/mol. The summed E-state index contributed by atoms with van der Waals surface area (Å²) in [5, 5.41) is 0.684. The summed E-state index contributed by atoms with van der Waals surface area (Å²) in [5.41, 5.74) is 2.59. The van der Waals surface area contributed by atoms with Crippen molar-refractivity contribution < 1.29 is 4.39 Å². The Labute approximate surface area is 139 Å². The Morgan fingerprint density at radius 2 is 1.95 bits per heavy atom. The van der Waals surface area contributed by atoms with E-state index in [0.29, 0.717) is 14.3 Å². The van der Waals surface area contributed by atoms with Gasteiger partial charge in [-0.1, -0.05) is 23.7 Å². The molecule has 3 aromatic rings. The molecule has 0 bridgehead atoms. The number of aromatic amines is 1. The molecule has 0 fully saturated rings. The number of rotatable bonds is 2. The van der Waals surface area contributed by atoms with E-state index in [9.17, 15) is 4.39 Å². The highest BCUT2D eigenvalue weighted by Crippen LogP contribution is 2.28. The Morgan fingerprint density at radius 1 is 1.29 bits per heavy atom. The molecule has 1 heterocycles. The van der Waals surface area contributed by atoms with E-state index in [1.54, 1.807) is 6.07 Å². The van der Waals surface area contributed by atoms with Crippen molar-refractivity contribution >= 4 is 50.8 Å². The number of fused-ring (bicyclic) bond motifs is 1. The van der Waals surface area contributed by atoms with Gasteiger partial charge in [0.15, 0.2) is 4.77 Å². The Kier molecular flexibility index (Phi) is 3.90. The minimum atomic E-state index is -0.312. The van der Waals surface area contributed by atoms with Crippen LogP contribution in [-0.4, -0.2) is 9.55 Å². The molecule has 1 N–H and O–H groups in total. The quantitative estimate of drug-likeness (QED) is 0.548. The number of hydrogen-bond acceptors (Lipinski definition) is 1. The van der Waals surface area contributed by atoms with Gasteiger partial charge in [-0.3, -0.25) is 0 Å². The van der Waals surface area contributed by atoms with Crippen LogP contribution in [0.1, 0.15) is 18.5 Å². The number of H-pyrrole nitrogens is 1. The van der Waals surface area contributed by atoms with Gasteiger partial charge < -0.3 is 9.55 Å². The van der Waals surface area contributed by atoms with Crippen LogP contribution >= 0.6 is 39.7 Å². The second kappa shape index (κ2) is 5.55. The molecule has 6 heteroatoms. The maximum Gasteiger partial charge on any atom is 0.178 e. The van der Waals surface area contributed by atoms with E-state index in [4.69, 9.17) is 23.8 Å². The van der Waals surface area contributed by atoms with Crippen LogP contribution in [0.2, 0.25) is 5.02 Å². The fraction of sp³-hybridized carbons (Fsp3) is 0.133. The van der Waals surface area contributed by atoms with Gasteiger partial charge in [0, 0.05) is 11.1 Å². The summed E-state index contributed by atoms with van der Waals surface area (Å²) < 4.78 is 16.7. The smallest absolute Gasteiger partial charge is 0.178 e. The highest BCUT2D eigenvalue weighted by Gasteiger charge is 2.15. The number of hydrogen-bond donors (Lipinski definition) is 1. The molecule has 0 aliphatic rings. The van der Waals surface area contributed by atoms with Crippen LogP contribution in [0.15, 0.2) is 40.9 Å². The van der Waals surface area contributed by atoms with Crippen molar-refractivity contribution in [3.8, 4) is 0 Å². The predicted molar refractivity (Wildman–Crippen MR) is 90.0 cm³/mol. The van der Waals surface area contributed by atoms with Crippen molar-refractivity contribution in [3.05, 3.63) is 62.0 Å². The number of nitrogens with zero attached hydrogens (tertiary/aromatic N) is 1. The van der Waals surface area contributed by atoms with Crippen molar-refractivity contribution in [2.24, 2.45) is 0 Å². The second-order valence-corrected chi connectivity index (χ2v) is 6.49. The van der Waals surface area contributed by atoms with Crippen LogP contribution in [0, 0.1) is 10.6 Å². The second-order valence-electron chi connectivity index (χ2n) is 4.81. The molecule has 21 heavy (non-hydrogen) atoms. The third-order valence-corrected chi connectivity index (χ3v) is 4.66. The normalized spacial score (nSPS) is 12.8. The average Bonchev–Trinajstić information content (AvgIpc) is 2.75. The summed E-state index contributed by atoms with van der Waals surface area (Å²) in [6, 6.07) is 10.7. The van der Waals surface area contributed by atoms with Crippen molar-refractivity contribution in [3.63, 3.8) is 0 Å². The van der Waals surface area contributed by atoms with Gasteiger partial charge >= 0.3 is 0 Å². The fourth-order valence-electron chi connectivity index (χ4n) is 2.40. The minimum Gasteiger partial charge on any atom is -0.331 e. The summed E-state index contributed by atoms with van der Waals surface area (Å²) in [7, 11) is 0. The van der Waals surface area contributed by atoms with Crippen LogP contribution in [0.5, 0.6) is 0 Å². The molecule has 3 rings (SSSR count). The van der Waals surface area contributed by atoms with Gasteiger partial charge in [0.05, 0.1) is 21.5 Å². The first-order chi connectivity index (χ1) is 9.97. The zero-order valence-electron chi connectivity index (χ0n) is 11.0. The lowest BCUT2D eigenvalue weighted by Crippen LogP contribution is -2.06. The molecule has 1 unspecified atom stereocenters. The van der Waals surface area contributed by atoms with Gasteiger partial charge in [-0.2, -0.15) is 0 Å². The summed E-state index contributed by atoms with van der Waals surface area (Å²) in [4.78, 5) is 3.11. The molecule has 0 amide bonds. The van der Waals surface area contributed by atoms with Crippen molar-refractivity contribution in [2.45, 2.75) is 13.0 Å². The first kappa shape index (κ1) is 14.8. The van der Waals surface area contributed by atoms with Gasteiger partial charge in [0.1, 0.15) is 5.82 Å². The largest absolute Gasteiger partial charge is 0.331 e. The summed E-state index contributed by atoms with van der Waals surface area (Å²) >= 11 is 14.5. The lowest BCUT2D eigenvalue weighted by molar-refractivity contribution is 0.617. The van der Waals surface area contributed by atoms with Gasteiger partial charge in [-0.05, 0) is 58.8 Å². The van der Waals surface area contributed by atoms with E-state index in [-0.39, 0.29) is 11.9 Å². The number of benzene rings is 2. The Bertz CT molecular complexity index is 870. The van der Waals surface area contributed by atoms with Crippen molar-refractivity contribution in [1.29, 1.82) is 0 Å². The van der Waals surface area contributed by atoms with E-state index in [1.165, 1.54) is 6.07 Å². The van der Waals surface area contributed by atoms with Crippen LogP contribution < -0.4 is 0 Å². The van der Waals surface area contributed by atoms with Gasteiger partial charge in [-0.25, -0.2) is 4.39 Å². The molecule has 108 valence electrons. The zero-order valence-corrected chi connectivity index (χ0v) is 14.2. The maximum atomic E-state index is 13.8. The number of halogens is 3. The predicted octanol–water partition coefficient (Wildman–Crippen LogP) is 5.86. The third-order valence-electron chi connectivity index (χ3n) is 3.50. The summed E-state index contributed by atoms with van der Waals surface area (Å²) in [6.45, 7) is 2.02. The SMILES string of the molecule is CC(c1ccc(Cl)cc1)n1c(=S)[nH]c2cc(Br)c(F)cc21. The van der Waals surface area contributed by atoms with Crippen molar-refractivity contribution in [2.75, 3.05) is 0 Å². The van der Waals surface area contributed by atoms with Crippen LogP contribution in [0.3, 0.4) is 0 Å². The highest BCUT2D eigenvalue weighted by molar-refractivity contribution is 9.10. The molecule has 0 spiro atoms. The zero-order chi connectivity index (χ0) is 15.1. The van der Waals surface area contributed by atoms with Crippen LogP contribution in [0.25, 0.3) is 11.0 Å². The summed E-state index contributed by atoms with van der Waals surface area (Å²) in [6.07, 6.45) is 0. The molecule has 1 atom stereocenters. The fourth-order valence-corrected chi connectivity index (χ4v) is 3.23. The number of imidazole rings is 1. The topological polar surface area (TPSA) is 20.7 Å². The molecular formula is C15H11BrClFN2S. The Hall–Kier alpha value is -1.17. The molecule has 2 nitrogen and oxygen atoms in total. The highest BCUT2D eigenvalue weighted by atomic mass is 79.9. The number of nitrogens with one attached hydrogen (secondary N) is 1.